The van der Waals surface area contributed by atoms with Gasteiger partial charge in [-0.3, -0.25) is 4.79 Å². The maximum Gasteiger partial charge on any atom is 0.494 e. The summed E-state index contributed by atoms with van der Waals surface area (Å²) >= 11 is 0. The van der Waals surface area contributed by atoms with Gasteiger partial charge >= 0.3 is 13.2 Å². The zero-order valence-electron chi connectivity index (χ0n) is 18.1. The quantitative estimate of drug-likeness (QED) is 0.774. The van der Waals surface area contributed by atoms with E-state index < -0.39 is 30.0 Å². The number of nitrogens with one attached hydrogen (secondary N) is 2. The summed E-state index contributed by atoms with van der Waals surface area (Å²) in [6.07, 6.45) is 1.09. The topological polar surface area (TPSA) is 89.7 Å². The number of rotatable bonds is 3. The Morgan fingerprint density at radius 1 is 1.14 bits per heavy atom. The van der Waals surface area contributed by atoms with Crippen LogP contribution in [-0.4, -0.2) is 35.0 Å². The number of aromatic nitrogens is 1. The Balaban J connectivity index is 1.90. The normalized spacial score (nSPS) is 18.1. The molecule has 1 amide bonds. The molecule has 2 N–H and O–H groups in total. The van der Waals surface area contributed by atoms with Gasteiger partial charge in [0.25, 0.3) is 5.56 Å². The molecule has 0 saturated carbocycles. The van der Waals surface area contributed by atoms with E-state index in [4.69, 9.17) is 14.0 Å². The first kappa shape index (κ1) is 21.4. The summed E-state index contributed by atoms with van der Waals surface area (Å²) in [6.45, 7) is 13.6. The van der Waals surface area contributed by atoms with Crippen LogP contribution in [0, 0.1) is 0 Å². The van der Waals surface area contributed by atoms with Gasteiger partial charge in [-0.2, -0.15) is 0 Å². The van der Waals surface area contributed by atoms with Crippen molar-refractivity contribution in [1.82, 2.24) is 10.3 Å². The molecule has 156 valence electrons. The summed E-state index contributed by atoms with van der Waals surface area (Å²) < 4.78 is 17.5. The average Bonchev–Trinajstić information content (AvgIpc) is 2.80. The number of H-pyrrole nitrogens is 1. The molecule has 0 unspecified atom stereocenters. The van der Waals surface area contributed by atoms with Crippen LogP contribution in [0.2, 0.25) is 0 Å². The van der Waals surface area contributed by atoms with Crippen molar-refractivity contribution in [2.75, 3.05) is 0 Å². The van der Waals surface area contributed by atoms with Gasteiger partial charge in [0.1, 0.15) is 5.60 Å². The summed E-state index contributed by atoms with van der Waals surface area (Å²) in [7, 11) is -0.532. The summed E-state index contributed by atoms with van der Waals surface area (Å²) in [6, 6.07) is 5.48. The first-order valence-corrected chi connectivity index (χ1v) is 9.76. The third-order valence-electron chi connectivity index (χ3n) is 5.36. The van der Waals surface area contributed by atoms with E-state index in [0.717, 1.165) is 16.4 Å². The Labute approximate surface area is 171 Å². The number of fused-ring (bicyclic) bond motifs is 1. The Bertz CT molecular complexity index is 975. The van der Waals surface area contributed by atoms with Crippen LogP contribution < -0.4 is 16.3 Å². The highest BCUT2D eigenvalue weighted by Crippen LogP contribution is 2.36. The van der Waals surface area contributed by atoms with Crippen molar-refractivity contribution in [2.45, 2.75) is 71.8 Å². The number of aromatic amines is 1. The molecule has 0 atom stereocenters. The number of benzene rings is 1. The van der Waals surface area contributed by atoms with Crippen LogP contribution in [0.3, 0.4) is 0 Å². The van der Waals surface area contributed by atoms with E-state index in [9.17, 15) is 9.59 Å². The molecule has 7 nitrogen and oxygen atoms in total. The van der Waals surface area contributed by atoms with Gasteiger partial charge in [-0.25, -0.2) is 4.79 Å². The minimum atomic E-state index is -0.582. The van der Waals surface area contributed by atoms with Crippen molar-refractivity contribution in [1.29, 1.82) is 0 Å². The fraction of sp³-hybridized carbons (Fsp3) is 0.524. The van der Waals surface area contributed by atoms with E-state index in [1.807, 2.05) is 39.8 Å². The Morgan fingerprint density at radius 3 is 2.34 bits per heavy atom. The lowest BCUT2D eigenvalue weighted by molar-refractivity contribution is 0.00578. The molecule has 0 spiro atoms. The van der Waals surface area contributed by atoms with Crippen LogP contribution >= 0.6 is 0 Å². The molecule has 1 aromatic carbocycles. The standard InChI is InChI=1S/C21H29BN2O5/c1-19(2,3)27-18(26)24-12-13-11-23-17(25)15-9-8-14(10-16(13)15)22-28-20(4,5)21(6,7)29-22/h8-11H,12H2,1-7H3,(H,23,25)(H,24,26). The van der Waals surface area contributed by atoms with Gasteiger partial charge in [0, 0.05) is 18.1 Å². The number of carbonyl (C=O) groups excluding carboxylic acids is 1. The van der Waals surface area contributed by atoms with Crippen LogP contribution in [0.15, 0.2) is 29.2 Å². The number of amides is 1. The number of ether oxygens (including phenoxy) is 1. The largest absolute Gasteiger partial charge is 0.494 e. The third-order valence-corrected chi connectivity index (χ3v) is 5.36. The van der Waals surface area contributed by atoms with Crippen molar-refractivity contribution < 1.29 is 18.8 Å². The van der Waals surface area contributed by atoms with Crippen molar-refractivity contribution in [3.05, 3.63) is 40.3 Å². The second kappa shape index (κ2) is 7.18. The molecule has 1 fully saturated rings. The lowest BCUT2D eigenvalue weighted by atomic mass is 9.78. The highest BCUT2D eigenvalue weighted by molar-refractivity contribution is 6.62. The SMILES string of the molecule is CC(C)(C)OC(=O)NCc1c[nH]c(=O)c2ccc(B3OC(C)(C)C(C)(C)O3)cc12. The molecule has 8 heteroatoms. The van der Waals surface area contributed by atoms with Gasteiger partial charge in [0.15, 0.2) is 0 Å². The number of alkyl carbamates (subject to hydrolysis) is 1. The van der Waals surface area contributed by atoms with Gasteiger partial charge in [0.05, 0.1) is 11.2 Å². The van der Waals surface area contributed by atoms with Crippen molar-refractivity contribution >= 4 is 29.4 Å². The minimum absolute atomic E-state index is 0.193. The molecule has 1 aliphatic heterocycles. The van der Waals surface area contributed by atoms with Gasteiger partial charge < -0.3 is 24.3 Å². The predicted octanol–water partition coefficient (Wildman–Crippen LogP) is 2.85. The molecule has 0 radical (unpaired) electrons. The monoisotopic (exact) mass is 400 g/mol. The molecule has 2 aromatic rings. The Morgan fingerprint density at radius 2 is 1.76 bits per heavy atom. The summed E-state index contributed by atoms with van der Waals surface area (Å²) in [5.74, 6) is 0. The van der Waals surface area contributed by atoms with Crippen LogP contribution in [0.25, 0.3) is 10.8 Å². The van der Waals surface area contributed by atoms with Crippen molar-refractivity contribution in [2.24, 2.45) is 0 Å². The number of pyridine rings is 1. The number of hydrogen-bond donors (Lipinski definition) is 2. The second-order valence-electron chi connectivity index (χ2n) is 9.39. The lowest BCUT2D eigenvalue weighted by Crippen LogP contribution is -2.41. The average molecular weight is 400 g/mol. The van der Waals surface area contributed by atoms with E-state index in [-0.39, 0.29) is 12.1 Å². The summed E-state index contributed by atoms with van der Waals surface area (Å²) in [5.41, 5.74) is -0.101. The van der Waals surface area contributed by atoms with Crippen LogP contribution in [-0.2, 0) is 20.6 Å². The maximum absolute atomic E-state index is 12.3. The van der Waals surface area contributed by atoms with Gasteiger partial charge in [0.2, 0.25) is 0 Å². The summed E-state index contributed by atoms with van der Waals surface area (Å²) in [5, 5.41) is 4.01. The highest BCUT2D eigenvalue weighted by atomic mass is 16.7. The molecular formula is C21H29BN2O5. The fourth-order valence-corrected chi connectivity index (χ4v) is 3.09. The smallest absolute Gasteiger partial charge is 0.444 e. The Hall–Kier alpha value is -2.32. The molecule has 2 heterocycles. The molecule has 3 rings (SSSR count). The third kappa shape index (κ3) is 4.48. The first-order chi connectivity index (χ1) is 13.3. The first-order valence-electron chi connectivity index (χ1n) is 9.76. The number of carbonyl (C=O) groups is 1. The fourth-order valence-electron chi connectivity index (χ4n) is 3.09. The molecule has 1 aliphatic rings. The van der Waals surface area contributed by atoms with Gasteiger partial charge in [-0.05, 0) is 70.9 Å². The molecular weight excluding hydrogens is 371 g/mol. The molecule has 1 aromatic heterocycles. The minimum Gasteiger partial charge on any atom is -0.444 e. The van der Waals surface area contributed by atoms with E-state index in [1.165, 1.54) is 0 Å². The maximum atomic E-state index is 12.3. The molecule has 0 bridgehead atoms. The van der Waals surface area contributed by atoms with Gasteiger partial charge in [-0.15, -0.1) is 0 Å². The van der Waals surface area contributed by atoms with Crippen LogP contribution in [0.4, 0.5) is 4.79 Å². The van der Waals surface area contributed by atoms with Crippen molar-refractivity contribution in [3.63, 3.8) is 0 Å². The van der Waals surface area contributed by atoms with Gasteiger partial charge in [-0.1, -0.05) is 12.1 Å². The predicted molar refractivity (Wildman–Crippen MR) is 113 cm³/mol. The number of hydrogen-bond acceptors (Lipinski definition) is 5. The Kier molecular flexibility index (Phi) is 5.30. The zero-order valence-corrected chi connectivity index (χ0v) is 18.1. The lowest BCUT2D eigenvalue weighted by Gasteiger charge is -2.32. The molecule has 0 aliphatic carbocycles. The van der Waals surface area contributed by atoms with E-state index in [2.05, 4.69) is 10.3 Å². The van der Waals surface area contributed by atoms with Crippen LogP contribution in [0.1, 0.15) is 54.0 Å². The van der Waals surface area contributed by atoms with E-state index in [0.29, 0.717) is 5.39 Å². The second-order valence-corrected chi connectivity index (χ2v) is 9.39. The van der Waals surface area contributed by atoms with Crippen LogP contribution in [0.5, 0.6) is 0 Å². The van der Waals surface area contributed by atoms with E-state index in [1.54, 1.807) is 33.0 Å². The highest BCUT2D eigenvalue weighted by Gasteiger charge is 2.51. The zero-order chi connectivity index (χ0) is 21.6. The molecule has 29 heavy (non-hydrogen) atoms. The summed E-state index contributed by atoms with van der Waals surface area (Å²) in [4.78, 5) is 27.0. The molecule has 1 saturated heterocycles. The van der Waals surface area contributed by atoms with Crippen molar-refractivity contribution in [3.8, 4) is 0 Å². The van der Waals surface area contributed by atoms with E-state index >= 15 is 0 Å².